The van der Waals surface area contributed by atoms with Crippen LogP contribution in [0.15, 0.2) is 5.16 Å². The zero-order valence-electron chi connectivity index (χ0n) is 15.1. The average Bonchev–Trinajstić information content (AvgIpc) is 2.92. The number of fused-ring (bicyclic) bond motifs is 5. The molecule has 0 amide bonds. The van der Waals surface area contributed by atoms with Gasteiger partial charge in [-0.15, -0.1) is 6.42 Å². The summed E-state index contributed by atoms with van der Waals surface area (Å²) in [4.78, 5) is 0. The fraction of sp³-hybridized carbons (Fsp3) is 0.857. The van der Waals surface area contributed by atoms with E-state index in [0.717, 1.165) is 49.7 Å². The molecule has 4 aliphatic carbocycles. The van der Waals surface area contributed by atoms with Crippen LogP contribution in [-0.4, -0.2) is 21.6 Å². The molecule has 0 aliphatic heterocycles. The molecule has 4 fully saturated rings. The minimum atomic E-state index is -0.871. The first-order chi connectivity index (χ1) is 11.4. The van der Waals surface area contributed by atoms with E-state index in [1.807, 2.05) is 0 Å². The van der Waals surface area contributed by atoms with Gasteiger partial charge in [0.15, 0.2) is 0 Å². The smallest absolute Gasteiger partial charge is 0.125 e. The van der Waals surface area contributed by atoms with E-state index in [1.165, 1.54) is 25.7 Å². The van der Waals surface area contributed by atoms with Crippen LogP contribution in [0.2, 0.25) is 0 Å². The molecule has 7 atom stereocenters. The number of rotatable bonds is 0. The molecule has 0 heterocycles. The number of hydrogen-bond acceptors (Lipinski definition) is 3. The predicted octanol–water partition coefficient (Wildman–Crippen LogP) is 4.22. The summed E-state index contributed by atoms with van der Waals surface area (Å²) in [7, 11) is 0. The van der Waals surface area contributed by atoms with Crippen LogP contribution in [-0.2, 0) is 0 Å². The van der Waals surface area contributed by atoms with Gasteiger partial charge in [0.05, 0.1) is 5.71 Å². The van der Waals surface area contributed by atoms with Crippen LogP contribution in [0.25, 0.3) is 0 Å². The molecule has 2 N–H and O–H groups in total. The van der Waals surface area contributed by atoms with Gasteiger partial charge in [-0.2, -0.15) is 0 Å². The lowest BCUT2D eigenvalue weighted by Crippen LogP contribution is -2.55. The highest BCUT2D eigenvalue weighted by Gasteiger charge is 2.60. The lowest BCUT2D eigenvalue weighted by atomic mass is 9.44. The highest BCUT2D eigenvalue weighted by molar-refractivity contribution is 5.91. The minimum Gasteiger partial charge on any atom is -0.411 e. The van der Waals surface area contributed by atoms with Crippen LogP contribution in [0, 0.1) is 46.8 Å². The summed E-state index contributed by atoms with van der Waals surface area (Å²) in [6, 6.07) is 0. The molecule has 0 aromatic heterocycles. The average molecular weight is 329 g/mol. The molecule has 4 saturated carbocycles. The van der Waals surface area contributed by atoms with Crippen LogP contribution >= 0.6 is 0 Å². The summed E-state index contributed by atoms with van der Waals surface area (Å²) in [5.41, 5.74) is 0.618. The van der Waals surface area contributed by atoms with Gasteiger partial charge in [0.1, 0.15) is 5.60 Å². The van der Waals surface area contributed by atoms with E-state index in [1.54, 1.807) is 0 Å². The highest BCUT2D eigenvalue weighted by Crippen LogP contribution is 2.66. The molecule has 0 aromatic rings. The van der Waals surface area contributed by atoms with E-state index in [4.69, 9.17) is 6.42 Å². The van der Waals surface area contributed by atoms with Gasteiger partial charge < -0.3 is 10.3 Å². The molecule has 4 aliphatic rings. The second-order valence-electron chi connectivity index (χ2n) is 9.58. The van der Waals surface area contributed by atoms with Gasteiger partial charge in [0.2, 0.25) is 0 Å². The van der Waals surface area contributed by atoms with Crippen LogP contribution in [0.1, 0.15) is 71.6 Å². The lowest BCUT2D eigenvalue weighted by Gasteiger charge is -2.61. The van der Waals surface area contributed by atoms with E-state index in [9.17, 15) is 10.3 Å². The molecular formula is C21H31NO2. The molecule has 0 spiro atoms. The second kappa shape index (κ2) is 5.24. The van der Waals surface area contributed by atoms with Crippen LogP contribution in [0.5, 0.6) is 0 Å². The van der Waals surface area contributed by atoms with Crippen LogP contribution in [0.4, 0.5) is 0 Å². The molecule has 4 rings (SSSR count). The monoisotopic (exact) mass is 329 g/mol. The van der Waals surface area contributed by atoms with Crippen molar-refractivity contribution in [1.29, 1.82) is 0 Å². The SMILES string of the molecule is C#C[C@@]1(O)CC[C@@]2(C)[C@@H](CC[C@@H]3[C@@H]2CC[C@]2(C)C(=NO)CC[C@@H]32)C1. The van der Waals surface area contributed by atoms with Crippen molar-refractivity contribution >= 4 is 5.71 Å². The summed E-state index contributed by atoms with van der Waals surface area (Å²) < 4.78 is 0. The first-order valence-corrected chi connectivity index (χ1v) is 9.78. The first-order valence-electron chi connectivity index (χ1n) is 9.78. The Bertz CT molecular complexity index is 607. The van der Waals surface area contributed by atoms with Gasteiger partial charge in [-0.1, -0.05) is 24.9 Å². The van der Waals surface area contributed by atoms with E-state index in [0.29, 0.717) is 17.3 Å². The van der Waals surface area contributed by atoms with Crippen molar-refractivity contribution in [2.75, 3.05) is 0 Å². The molecule has 24 heavy (non-hydrogen) atoms. The number of nitrogens with zero attached hydrogens (tertiary/aromatic N) is 1. The molecule has 0 bridgehead atoms. The van der Waals surface area contributed by atoms with Crippen molar-refractivity contribution in [2.45, 2.75) is 77.2 Å². The summed E-state index contributed by atoms with van der Waals surface area (Å²) in [5, 5.41) is 23.7. The van der Waals surface area contributed by atoms with Gasteiger partial charge >= 0.3 is 0 Å². The van der Waals surface area contributed by atoms with Crippen molar-refractivity contribution in [3.63, 3.8) is 0 Å². The number of oxime groups is 1. The maximum Gasteiger partial charge on any atom is 0.125 e. The Kier molecular flexibility index (Phi) is 3.59. The molecule has 0 unspecified atom stereocenters. The van der Waals surface area contributed by atoms with Gasteiger partial charge in [0, 0.05) is 5.41 Å². The Morgan fingerprint density at radius 1 is 1.08 bits per heavy atom. The van der Waals surface area contributed by atoms with Crippen LogP contribution < -0.4 is 0 Å². The van der Waals surface area contributed by atoms with Crippen molar-refractivity contribution in [3.05, 3.63) is 0 Å². The Morgan fingerprint density at radius 3 is 2.58 bits per heavy atom. The van der Waals surface area contributed by atoms with E-state index >= 15 is 0 Å². The third-order valence-electron chi connectivity index (χ3n) is 8.86. The predicted molar refractivity (Wildman–Crippen MR) is 94.7 cm³/mol. The zero-order valence-corrected chi connectivity index (χ0v) is 15.1. The van der Waals surface area contributed by atoms with Gasteiger partial charge in [-0.3, -0.25) is 0 Å². The molecule has 3 nitrogen and oxygen atoms in total. The van der Waals surface area contributed by atoms with Crippen molar-refractivity contribution in [1.82, 2.24) is 0 Å². The topological polar surface area (TPSA) is 52.8 Å². The first kappa shape index (κ1) is 16.5. The zero-order chi connectivity index (χ0) is 17.2. The van der Waals surface area contributed by atoms with Crippen LogP contribution in [0.3, 0.4) is 0 Å². The number of aliphatic hydroxyl groups is 1. The van der Waals surface area contributed by atoms with Crippen molar-refractivity contribution < 1.29 is 10.3 Å². The lowest BCUT2D eigenvalue weighted by molar-refractivity contribution is -0.127. The highest BCUT2D eigenvalue weighted by atomic mass is 16.4. The standard InChI is InChI=1S/C21H31NO2/c1-4-21(23)12-11-19(2)14(13-21)5-6-15-16-7-8-18(22-24)20(16,3)10-9-17(15)19/h1,14-17,23-24H,5-13H2,2-3H3/t14-,15-,16-,17-,19-,20-,21+/m0/s1. The Hall–Kier alpha value is -1.01. The third-order valence-corrected chi connectivity index (χ3v) is 8.86. The van der Waals surface area contributed by atoms with E-state index in [-0.39, 0.29) is 5.41 Å². The summed E-state index contributed by atoms with van der Waals surface area (Å²) in [6.45, 7) is 4.81. The Balaban J connectivity index is 1.62. The molecule has 0 aromatic carbocycles. The van der Waals surface area contributed by atoms with Crippen molar-refractivity contribution in [2.24, 2.45) is 39.7 Å². The van der Waals surface area contributed by atoms with E-state index in [2.05, 4.69) is 24.9 Å². The normalized spacial score (nSPS) is 55.3. The van der Waals surface area contributed by atoms with Crippen molar-refractivity contribution in [3.8, 4) is 12.3 Å². The number of hydrogen-bond donors (Lipinski definition) is 2. The van der Waals surface area contributed by atoms with Gasteiger partial charge in [-0.25, -0.2) is 0 Å². The summed E-state index contributed by atoms with van der Waals surface area (Å²) >= 11 is 0. The summed E-state index contributed by atoms with van der Waals surface area (Å²) in [6.07, 6.45) is 15.2. The molecule has 0 radical (unpaired) electrons. The largest absolute Gasteiger partial charge is 0.411 e. The third kappa shape index (κ3) is 2.05. The second-order valence-corrected chi connectivity index (χ2v) is 9.58. The molecule has 132 valence electrons. The minimum absolute atomic E-state index is 0.118. The Labute approximate surface area is 145 Å². The van der Waals surface area contributed by atoms with E-state index < -0.39 is 5.60 Å². The summed E-state index contributed by atoms with van der Waals surface area (Å²) in [5.74, 6) is 5.40. The fourth-order valence-electron chi connectivity index (χ4n) is 7.33. The quantitative estimate of drug-likeness (QED) is 0.397. The maximum absolute atomic E-state index is 10.6. The molecule has 0 saturated heterocycles. The van der Waals surface area contributed by atoms with Gasteiger partial charge in [-0.05, 0) is 86.9 Å². The number of terminal acetylenes is 1. The Morgan fingerprint density at radius 2 is 1.88 bits per heavy atom. The van der Waals surface area contributed by atoms with Gasteiger partial charge in [0.25, 0.3) is 0 Å². The fourth-order valence-corrected chi connectivity index (χ4v) is 7.33. The maximum atomic E-state index is 10.6. The molecular weight excluding hydrogens is 298 g/mol. The molecule has 3 heteroatoms.